The third-order valence-corrected chi connectivity index (χ3v) is 4.72. The Morgan fingerprint density at radius 1 is 0.893 bits per heavy atom. The fourth-order valence-corrected chi connectivity index (χ4v) is 3.38. The lowest BCUT2D eigenvalue weighted by Crippen LogP contribution is -1.92. The molecule has 5 aromatic rings. The molecule has 0 bridgehead atoms. The van der Waals surface area contributed by atoms with E-state index in [2.05, 4.69) is 20.2 Å². The molecule has 0 aliphatic rings. The van der Waals surface area contributed by atoms with Crippen molar-refractivity contribution >= 4 is 27.8 Å². The molecule has 0 atom stereocenters. The maximum Gasteiger partial charge on any atom is 0.168 e. The van der Waals surface area contributed by atoms with E-state index in [0.29, 0.717) is 22.9 Å². The topological polar surface area (TPSA) is 83.4 Å². The second-order valence-corrected chi connectivity index (χ2v) is 6.42. The molecule has 0 aliphatic heterocycles. The summed E-state index contributed by atoms with van der Waals surface area (Å²) >= 11 is 0. The van der Waals surface area contributed by atoms with Crippen LogP contribution in [0.25, 0.3) is 44.3 Å². The van der Waals surface area contributed by atoms with Crippen LogP contribution in [0.3, 0.4) is 0 Å². The van der Waals surface area contributed by atoms with E-state index in [1.165, 1.54) is 0 Å². The molecule has 0 fully saturated rings. The first-order valence-electron chi connectivity index (χ1n) is 8.38. The lowest BCUT2D eigenvalue weighted by Gasteiger charge is -2.03. The minimum absolute atomic E-state index is 0.198. The van der Waals surface area contributed by atoms with Gasteiger partial charge in [-0.05, 0) is 41.5 Å². The number of nitrogens with one attached hydrogen (secondary N) is 2. The van der Waals surface area contributed by atoms with Crippen LogP contribution in [0.2, 0.25) is 0 Å². The molecule has 138 valence electrons. The Morgan fingerprint density at radius 3 is 2.61 bits per heavy atom. The third-order valence-electron chi connectivity index (χ3n) is 4.72. The van der Waals surface area contributed by atoms with Crippen LogP contribution in [-0.2, 0) is 0 Å². The minimum atomic E-state index is -1.25. The summed E-state index contributed by atoms with van der Waals surface area (Å²) < 4.78 is 41.4. The molecule has 0 amide bonds. The first-order chi connectivity index (χ1) is 13.5. The zero-order valence-corrected chi connectivity index (χ0v) is 14.2. The maximum absolute atomic E-state index is 14.2. The van der Waals surface area contributed by atoms with Crippen molar-refractivity contribution in [3.8, 4) is 22.4 Å². The van der Waals surface area contributed by atoms with Gasteiger partial charge in [0.2, 0.25) is 0 Å². The number of aromatic nitrogens is 4. The zero-order valence-electron chi connectivity index (χ0n) is 14.2. The molecular formula is C20H12F3N5. The normalized spacial score (nSPS) is 11.5. The summed E-state index contributed by atoms with van der Waals surface area (Å²) in [4.78, 5) is 7.18. The average Bonchev–Trinajstić information content (AvgIpc) is 3.28. The standard InChI is InChI=1S/C20H12F3N5/c21-10-6-13(18(23)15(22)7-10)17-8-12-11(3-4-25-20(12)26-17)9-1-2-16-14(5-9)19(24)28-27-16/h1-8H,(H,25,26)(H3,24,27,28). The van der Waals surface area contributed by atoms with Gasteiger partial charge in [0.15, 0.2) is 17.5 Å². The number of nitrogen functional groups attached to an aromatic ring is 1. The van der Waals surface area contributed by atoms with Crippen LogP contribution >= 0.6 is 0 Å². The van der Waals surface area contributed by atoms with E-state index in [-0.39, 0.29) is 11.3 Å². The summed E-state index contributed by atoms with van der Waals surface area (Å²) in [7, 11) is 0. The number of nitrogens with zero attached hydrogens (tertiary/aromatic N) is 2. The molecular weight excluding hydrogens is 367 g/mol. The molecule has 28 heavy (non-hydrogen) atoms. The Labute approximate surface area is 156 Å². The molecule has 4 N–H and O–H groups in total. The predicted octanol–water partition coefficient (Wildman–Crippen LogP) is 4.77. The number of anilines is 1. The number of benzene rings is 2. The van der Waals surface area contributed by atoms with Gasteiger partial charge >= 0.3 is 0 Å². The number of nitrogens with two attached hydrogens (primary N) is 1. The quantitative estimate of drug-likeness (QED) is 0.386. The van der Waals surface area contributed by atoms with E-state index < -0.39 is 17.5 Å². The van der Waals surface area contributed by atoms with Crippen molar-refractivity contribution < 1.29 is 13.2 Å². The van der Waals surface area contributed by atoms with Crippen molar-refractivity contribution in [1.82, 2.24) is 20.2 Å². The van der Waals surface area contributed by atoms with Crippen molar-refractivity contribution in [2.45, 2.75) is 0 Å². The second kappa shape index (κ2) is 5.85. The van der Waals surface area contributed by atoms with E-state index in [1.807, 2.05) is 18.2 Å². The summed E-state index contributed by atoms with van der Waals surface area (Å²) in [5.74, 6) is -2.85. The summed E-state index contributed by atoms with van der Waals surface area (Å²) in [5, 5.41) is 8.28. The van der Waals surface area contributed by atoms with Gasteiger partial charge in [0.1, 0.15) is 11.5 Å². The number of halogens is 3. The van der Waals surface area contributed by atoms with Gasteiger partial charge in [-0.15, -0.1) is 0 Å². The Morgan fingerprint density at radius 2 is 1.75 bits per heavy atom. The largest absolute Gasteiger partial charge is 0.382 e. The van der Waals surface area contributed by atoms with Crippen molar-refractivity contribution in [2.75, 3.05) is 5.73 Å². The molecule has 2 aromatic carbocycles. The molecule has 3 aromatic heterocycles. The van der Waals surface area contributed by atoms with Gasteiger partial charge in [-0.1, -0.05) is 6.07 Å². The lowest BCUT2D eigenvalue weighted by atomic mass is 10.0. The van der Waals surface area contributed by atoms with Crippen LogP contribution in [0.4, 0.5) is 19.0 Å². The van der Waals surface area contributed by atoms with Crippen LogP contribution in [0.1, 0.15) is 0 Å². The van der Waals surface area contributed by atoms with Gasteiger partial charge in [0, 0.05) is 28.6 Å². The van der Waals surface area contributed by atoms with E-state index >= 15 is 0 Å². The minimum Gasteiger partial charge on any atom is -0.382 e. The number of fused-ring (bicyclic) bond motifs is 2. The lowest BCUT2D eigenvalue weighted by molar-refractivity contribution is 0.497. The highest BCUT2D eigenvalue weighted by atomic mass is 19.2. The number of hydrogen-bond acceptors (Lipinski definition) is 3. The molecule has 5 nitrogen and oxygen atoms in total. The summed E-state index contributed by atoms with van der Waals surface area (Å²) in [6.45, 7) is 0. The van der Waals surface area contributed by atoms with Crippen molar-refractivity contribution in [3.05, 3.63) is 66.1 Å². The maximum atomic E-state index is 14.2. The van der Waals surface area contributed by atoms with E-state index in [1.54, 1.807) is 18.3 Å². The van der Waals surface area contributed by atoms with Crippen LogP contribution in [0.5, 0.6) is 0 Å². The Kier molecular flexibility index (Phi) is 3.42. The van der Waals surface area contributed by atoms with Crippen LogP contribution in [-0.4, -0.2) is 20.2 Å². The first-order valence-corrected chi connectivity index (χ1v) is 8.38. The Bertz CT molecular complexity index is 1370. The second-order valence-electron chi connectivity index (χ2n) is 6.42. The van der Waals surface area contributed by atoms with Crippen LogP contribution in [0.15, 0.2) is 48.7 Å². The van der Waals surface area contributed by atoms with Gasteiger partial charge in [-0.25, -0.2) is 18.2 Å². The highest BCUT2D eigenvalue weighted by Crippen LogP contribution is 2.34. The first kappa shape index (κ1) is 16.4. The monoisotopic (exact) mass is 379 g/mol. The summed E-state index contributed by atoms with van der Waals surface area (Å²) in [6.07, 6.45) is 1.60. The van der Waals surface area contributed by atoms with Crippen molar-refractivity contribution in [1.29, 1.82) is 0 Å². The van der Waals surface area contributed by atoms with Gasteiger partial charge in [-0.2, -0.15) is 5.10 Å². The zero-order chi connectivity index (χ0) is 19.4. The number of aromatic amines is 2. The number of hydrogen-bond donors (Lipinski definition) is 3. The van der Waals surface area contributed by atoms with Gasteiger partial charge in [0.05, 0.1) is 11.2 Å². The molecule has 0 unspecified atom stereocenters. The smallest absolute Gasteiger partial charge is 0.168 e. The highest BCUT2D eigenvalue weighted by molar-refractivity contribution is 5.99. The molecule has 0 spiro atoms. The number of pyridine rings is 1. The number of rotatable bonds is 2. The Hall–Kier alpha value is -3.81. The summed E-state index contributed by atoms with van der Waals surface area (Å²) in [6, 6.07) is 10.5. The van der Waals surface area contributed by atoms with Gasteiger partial charge < -0.3 is 10.7 Å². The SMILES string of the molecule is Nc1n[nH]c2ccc(-c3ccnc4[nH]c(-c5cc(F)cc(F)c5F)cc34)cc12. The molecule has 3 heterocycles. The Balaban J connectivity index is 1.72. The number of H-pyrrole nitrogens is 2. The third kappa shape index (κ3) is 2.42. The molecule has 0 saturated heterocycles. The van der Waals surface area contributed by atoms with Crippen LogP contribution in [0, 0.1) is 17.5 Å². The van der Waals surface area contributed by atoms with Crippen molar-refractivity contribution in [3.63, 3.8) is 0 Å². The van der Waals surface area contributed by atoms with E-state index in [0.717, 1.165) is 28.1 Å². The fraction of sp³-hybridized carbons (Fsp3) is 0. The van der Waals surface area contributed by atoms with Gasteiger partial charge in [-0.3, -0.25) is 5.10 Å². The summed E-state index contributed by atoms with van der Waals surface area (Å²) in [5.41, 5.74) is 8.86. The fourth-order valence-electron chi connectivity index (χ4n) is 3.38. The molecule has 5 rings (SSSR count). The van der Waals surface area contributed by atoms with E-state index in [4.69, 9.17) is 5.73 Å². The van der Waals surface area contributed by atoms with E-state index in [9.17, 15) is 13.2 Å². The molecule has 8 heteroatoms. The van der Waals surface area contributed by atoms with Crippen LogP contribution < -0.4 is 5.73 Å². The molecule has 0 aliphatic carbocycles. The highest BCUT2D eigenvalue weighted by Gasteiger charge is 2.17. The van der Waals surface area contributed by atoms with Crippen molar-refractivity contribution in [2.24, 2.45) is 0 Å². The molecule has 0 radical (unpaired) electrons. The average molecular weight is 379 g/mol. The molecule has 0 saturated carbocycles. The van der Waals surface area contributed by atoms with Gasteiger partial charge in [0.25, 0.3) is 0 Å². The predicted molar refractivity (Wildman–Crippen MR) is 101 cm³/mol.